The van der Waals surface area contributed by atoms with Crippen molar-refractivity contribution in [1.29, 1.82) is 0 Å². The molecule has 1 saturated carbocycles. The zero-order valence-electron chi connectivity index (χ0n) is 6.46. The molecule has 0 spiro atoms. The molecule has 3 nitrogen and oxygen atoms in total. The van der Waals surface area contributed by atoms with Crippen LogP contribution in [0.15, 0.2) is 0 Å². The first-order chi connectivity index (χ1) is 5.45. The van der Waals surface area contributed by atoms with Gasteiger partial charge in [-0.2, -0.15) is 0 Å². The Balaban J connectivity index is 2.73. The Labute approximate surface area is 68.5 Å². The fourth-order valence-corrected chi connectivity index (χ4v) is 1.48. The minimum absolute atomic E-state index is 0.234. The minimum atomic E-state index is -3.01. The molecule has 12 heavy (non-hydrogen) atoms. The monoisotopic (exact) mass is 179 g/mol. The Kier molecular flexibility index (Phi) is 2.32. The minimum Gasteiger partial charge on any atom is -0.481 e. The second-order valence-electron chi connectivity index (χ2n) is 3.12. The smallest absolute Gasteiger partial charge is 0.308 e. The Morgan fingerprint density at radius 2 is 2.17 bits per heavy atom. The Morgan fingerprint density at radius 3 is 2.58 bits per heavy atom. The molecule has 2 atom stereocenters. The lowest BCUT2D eigenvalue weighted by atomic mass is 9.82. The van der Waals surface area contributed by atoms with Crippen molar-refractivity contribution in [2.24, 2.45) is 11.7 Å². The number of alkyl halides is 2. The molecule has 0 aromatic heterocycles. The second kappa shape index (κ2) is 2.97. The van der Waals surface area contributed by atoms with Crippen LogP contribution in [0.25, 0.3) is 0 Å². The summed E-state index contributed by atoms with van der Waals surface area (Å²) in [5.41, 5.74) is 5.13. The van der Waals surface area contributed by atoms with Gasteiger partial charge in [-0.3, -0.25) is 4.79 Å². The molecule has 0 saturated heterocycles. The predicted molar refractivity (Wildman–Crippen MR) is 37.9 cm³/mol. The summed E-state index contributed by atoms with van der Waals surface area (Å²) in [5.74, 6) is -5.32. The van der Waals surface area contributed by atoms with Crippen molar-refractivity contribution in [3.63, 3.8) is 0 Å². The standard InChI is InChI=1S/C7H11F2NO2/c8-7(9)3-1-2-4(5(7)10)6(11)12/h4-5H,1-3,10H2,(H,11,12)/t4-,5-/m0/s1. The zero-order valence-corrected chi connectivity index (χ0v) is 6.46. The van der Waals surface area contributed by atoms with Crippen LogP contribution in [0.1, 0.15) is 19.3 Å². The van der Waals surface area contributed by atoms with Crippen LogP contribution in [-0.4, -0.2) is 23.0 Å². The summed E-state index contributed by atoms with van der Waals surface area (Å²) in [7, 11) is 0. The largest absolute Gasteiger partial charge is 0.481 e. The SMILES string of the molecule is N[C@H]1[C@@H](C(=O)O)CCCC1(F)F. The highest BCUT2D eigenvalue weighted by atomic mass is 19.3. The van der Waals surface area contributed by atoms with Gasteiger partial charge in [0.2, 0.25) is 0 Å². The van der Waals surface area contributed by atoms with Crippen LogP contribution in [0.5, 0.6) is 0 Å². The molecular weight excluding hydrogens is 168 g/mol. The summed E-state index contributed by atoms with van der Waals surface area (Å²) in [5, 5.41) is 8.53. The van der Waals surface area contributed by atoms with Crippen LogP contribution in [0.2, 0.25) is 0 Å². The quantitative estimate of drug-likeness (QED) is 0.626. The van der Waals surface area contributed by atoms with Gasteiger partial charge in [-0.1, -0.05) is 0 Å². The molecule has 0 heterocycles. The van der Waals surface area contributed by atoms with Gasteiger partial charge in [-0.05, 0) is 12.8 Å². The van der Waals surface area contributed by atoms with E-state index in [0.29, 0.717) is 0 Å². The van der Waals surface area contributed by atoms with E-state index in [2.05, 4.69) is 0 Å². The number of aliphatic carboxylic acids is 1. The van der Waals surface area contributed by atoms with Crippen LogP contribution < -0.4 is 5.73 Å². The number of hydrogen-bond donors (Lipinski definition) is 2. The van der Waals surface area contributed by atoms with Gasteiger partial charge < -0.3 is 10.8 Å². The molecule has 70 valence electrons. The van der Waals surface area contributed by atoms with Gasteiger partial charge in [0, 0.05) is 6.42 Å². The molecule has 0 unspecified atom stereocenters. The number of nitrogens with two attached hydrogens (primary N) is 1. The first kappa shape index (κ1) is 9.38. The van der Waals surface area contributed by atoms with Gasteiger partial charge in [0.05, 0.1) is 12.0 Å². The summed E-state index contributed by atoms with van der Waals surface area (Å²) in [6.07, 6.45) is 0.196. The van der Waals surface area contributed by atoms with Crippen LogP contribution in [0, 0.1) is 5.92 Å². The second-order valence-corrected chi connectivity index (χ2v) is 3.12. The molecule has 1 fully saturated rings. The maximum absolute atomic E-state index is 12.8. The average Bonchev–Trinajstić information content (AvgIpc) is 1.94. The third-order valence-corrected chi connectivity index (χ3v) is 2.26. The van der Waals surface area contributed by atoms with Crippen LogP contribution in [0.3, 0.4) is 0 Å². The van der Waals surface area contributed by atoms with Crippen molar-refractivity contribution in [2.75, 3.05) is 0 Å². The molecule has 0 aliphatic heterocycles. The summed E-state index contributed by atoms with van der Waals surface area (Å²) in [6.45, 7) is 0. The summed E-state index contributed by atoms with van der Waals surface area (Å²) in [6, 6.07) is -1.52. The lowest BCUT2D eigenvalue weighted by molar-refractivity contribution is -0.151. The highest BCUT2D eigenvalue weighted by molar-refractivity contribution is 5.71. The fraction of sp³-hybridized carbons (Fsp3) is 0.857. The number of halogens is 2. The van der Waals surface area contributed by atoms with Gasteiger partial charge in [-0.15, -0.1) is 0 Å². The van der Waals surface area contributed by atoms with E-state index in [0.717, 1.165) is 0 Å². The normalized spacial score (nSPS) is 34.6. The molecule has 0 aromatic rings. The molecule has 1 aliphatic carbocycles. The van der Waals surface area contributed by atoms with Crippen molar-refractivity contribution < 1.29 is 18.7 Å². The fourth-order valence-electron chi connectivity index (χ4n) is 1.48. The highest BCUT2D eigenvalue weighted by Crippen LogP contribution is 2.35. The van der Waals surface area contributed by atoms with Crippen molar-refractivity contribution in [3.05, 3.63) is 0 Å². The molecule has 3 N–H and O–H groups in total. The number of hydrogen-bond acceptors (Lipinski definition) is 2. The summed E-state index contributed by atoms with van der Waals surface area (Å²) in [4.78, 5) is 10.4. The van der Waals surface area contributed by atoms with E-state index < -0.39 is 23.9 Å². The average molecular weight is 179 g/mol. The Morgan fingerprint density at radius 1 is 1.58 bits per heavy atom. The first-order valence-electron chi connectivity index (χ1n) is 3.81. The van der Waals surface area contributed by atoms with Crippen molar-refractivity contribution in [1.82, 2.24) is 0 Å². The highest BCUT2D eigenvalue weighted by Gasteiger charge is 2.47. The molecule has 0 aromatic carbocycles. The van der Waals surface area contributed by atoms with E-state index in [1.165, 1.54) is 0 Å². The van der Waals surface area contributed by atoms with E-state index in [1.807, 2.05) is 0 Å². The Bertz CT molecular complexity index is 196. The van der Waals surface area contributed by atoms with Crippen molar-refractivity contribution >= 4 is 5.97 Å². The first-order valence-corrected chi connectivity index (χ1v) is 3.81. The lowest BCUT2D eigenvalue weighted by Gasteiger charge is -2.32. The number of carboxylic acid groups (broad SMARTS) is 1. The molecule has 0 bridgehead atoms. The number of carbonyl (C=O) groups is 1. The predicted octanol–water partition coefficient (Wildman–Crippen LogP) is 0.834. The van der Waals surface area contributed by atoms with Crippen molar-refractivity contribution in [2.45, 2.75) is 31.2 Å². The van der Waals surface area contributed by atoms with Crippen molar-refractivity contribution in [3.8, 4) is 0 Å². The molecule has 1 aliphatic rings. The van der Waals surface area contributed by atoms with Gasteiger partial charge >= 0.3 is 5.97 Å². The third kappa shape index (κ3) is 1.55. The number of rotatable bonds is 1. The molecule has 1 rings (SSSR count). The topological polar surface area (TPSA) is 63.3 Å². The molecule has 0 amide bonds. The molecular formula is C7H11F2NO2. The molecule has 0 radical (unpaired) electrons. The van der Waals surface area contributed by atoms with Crippen LogP contribution >= 0.6 is 0 Å². The maximum atomic E-state index is 12.8. The van der Waals surface area contributed by atoms with Crippen LogP contribution in [0.4, 0.5) is 8.78 Å². The lowest BCUT2D eigenvalue weighted by Crippen LogP contribution is -2.51. The van der Waals surface area contributed by atoms with E-state index in [-0.39, 0.29) is 19.3 Å². The van der Waals surface area contributed by atoms with Gasteiger partial charge in [-0.25, -0.2) is 8.78 Å². The van der Waals surface area contributed by atoms with E-state index in [1.54, 1.807) is 0 Å². The number of carboxylic acids is 1. The maximum Gasteiger partial charge on any atom is 0.308 e. The van der Waals surface area contributed by atoms with E-state index in [4.69, 9.17) is 10.8 Å². The van der Waals surface area contributed by atoms with Crippen LogP contribution in [-0.2, 0) is 4.79 Å². The summed E-state index contributed by atoms with van der Waals surface area (Å²) >= 11 is 0. The Hall–Kier alpha value is -0.710. The summed E-state index contributed by atoms with van der Waals surface area (Å²) < 4.78 is 25.6. The van der Waals surface area contributed by atoms with Gasteiger partial charge in [0.1, 0.15) is 0 Å². The van der Waals surface area contributed by atoms with E-state index in [9.17, 15) is 13.6 Å². The molecule has 5 heteroatoms. The van der Waals surface area contributed by atoms with Gasteiger partial charge in [0.15, 0.2) is 0 Å². The third-order valence-electron chi connectivity index (χ3n) is 2.26. The zero-order chi connectivity index (χ0) is 9.35. The van der Waals surface area contributed by atoms with Gasteiger partial charge in [0.25, 0.3) is 5.92 Å². The van der Waals surface area contributed by atoms with E-state index >= 15 is 0 Å².